The Morgan fingerprint density at radius 3 is 2.06 bits per heavy atom. The number of nitrogens with one attached hydrogen (secondary N) is 2. The van der Waals surface area contributed by atoms with Crippen molar-refractivity contribution in [2.75, 3.05) is 27.3 Å². The van der Waals surface area contributed by atoms with E-state index >= 15 is 0 Å². The first-order valence-electron chi connectivity index (χ1n) is 9.40. The van der Waals surface area contributed by atoms with Gasteiger partial charge in [-0.3, -0.25) is 0 Å². The van der Waals surface area contributed by atoms with Gasteiger partial charge in [-0.25, -0.2) is 4.99 Å². The number of nitrogens with zero attached hydrogens (tertiary/aromatic N) is 1. The molecule has 0 bridgehead atoms. The number of ether oxygens (including phenoxy) is 2. The molecule has 0 saturated carbocycles. The Labute approximate surface area is 196 Å². The van der Waals surface area contributed by atoms with Gasteiger partial charge >= 0.3 is 6.18 Å². The van der Waals surface area contributed by atoms with E-state index in [4.69, 9.17) is 9.47 Å². The van der Waals surface area contributed by atoms with Crippen molar-refractivity contribution in [3.63, 3.8) is 0 Å². The zero-order valence-corrected chi connectivity index (χ0v) is 19.9. The minimum absolute atomic E-state index is 0. The predicted molar refractivity (Wildman–Crippen MR) is 125 cm³/mol. The lowest BCUT2D eigenvalue weighted by Crippen LogP contribution is -2.38. The first-order chi connectivity index (χ1) is 14.3. The maximum Gasteiger partial charge on any atom is 0.416 e. The highest BCUT2D eigenvalue weighted by Crippen LogP contribution is 2.37. The lowest BCUT2D eigenvalue weighted by atomic mass is 10.1. The molecule has 31 heavy (non-hydrogen) atoms. The third-order valence-electron chi connectivity index (χ3n) is 4.29. The van der Waals surface area contributed by atoms with Gasteiger partial charge in [-0.1, -0.05) is 12.1 Å². The summed E-state index contributed by atoms with van der Waals surface area (Å²) in [5, 5.41) is 16.3. The standard InChI is InChI=1S/C21H26F3N3O3.HI/c1-4-25-20(26-10-9-14-5-7-16(8-6-14)21(22,23)24)27-13-15-11-17(29-2)19(28)18(12-15)30-3;/h5-8,11-12,28H,4,9-10,13H2,1-3H3,(H2,25,26,27);1H. The summed E-state index contributed by atoms with van der Waals surface area (Å²) < 4.78 is 48.2. The number of rotatable bonds is 8. The average Bonchev–Trinajstić information content (AvgIpc) is 2.72. The van der Waals surface area contributed by atoms with Crippen molar-refractivity contribution in [1.82, 2.24) is 10.6 Å². The van der Waals surface area contributed by atoms with Crippen molar-refractivity contribution >= 4 is 29.9 Å². The van der Waals surface area contributed by atoms with E-state index in [9.17, 15) is 18.3 Å². The van der Waals surface area contributed by atoms with E-state index in [2.05, 4.69) is 15.6 Å². The lowest BCUT2D eigenvalue weighted by molar-refractivity contribution is -0.137. The van der Waals surface area contributed by atoms with Gasteiger partial charge in [0.2, 0.25) is 5.75 Å². The van der Waals surface area contributed by atoms with Gasteiger partial charge < -0.3 is 25.2 Å². The van der Waals surface area contributed by atoms with E-state index in [1.807, 2.05) is 6.92 Å². The molecule has 2 aromatic carbocycles. The second-order valence-corrected chi connectivity index (χ2v) is 6.42. The Morgan fingerprint density at radius 1 is 1.00 bits per heavy atom. The molecule has 172 valence electrons. The summed E-state index contributed by atoms with van der Waals surface area (Å²) in [6.07, 6.45) is -3.79. The summed E-state index contributed by atoms with van der Waals surface area (Å²) in [7, 11) is 2.91. The van der Waals surface area contributed by atoms with Gasteiger partial charge in [-0.05, 0) is 48.7 Å². The Hall–Kier alpha value is -2.37. The molecule has 0 spiro atoms. The molecule has 0 aliphatic heterocycles. The van der Waals surface area contributed by atoms with Crippen LogP contribution in [-0.4, -0.2) is 38.4 Å². The third-order valence-corrected chi connectivity index (χ3v) is 4.29. The maximum atomic E-state index is 12.6. The molecule has 2 aromatic rings. The lowest BCUT2D eigenvalue weighted by Gasteiger charge is -2.13. The van der Waals surface area contributed by atoms with Gasteiger partial charge in [-0.15, -0.1) is 24.0 Å². The molecule has 3 N–H and O–H groups in total. The molecule has 10 heteroatoms. The fraction of sp³-hybridized carbons (Fsp3) is 0.381. The molecule has 0 unspecified atom stereocenters. The van der Waals surface area contributed by atoms with E-state index in [1.54, 1.807) is 12.1 Å². The summed E-state index contributed by atoms with van der Waals surface area (Å²) in [5.41, 5.74) is 0.912. The topological polar surface area (TPSA) is 75.1 Å². The van der Waals surface area contributed by atoms with Crippen molar-refractivity contribution < 1.29 is 27.8 Å². The van der Waals surface area contributed by atoms with Crippen molar-refractivity contribution in [1.29, 1.82) is 0 Å². The van der Waals surface area contributed by atoms with Gasteiger partial charge in [-0.2, -0.15) is 13.2 Å². The van der Waals surface area contributed by atoms with Crippen LogP contribution >= 0.6 is 24.0 Å². The first-order valence-corrected chi connectivity index (χ1v) is 9.40. The number of aliphatic imine (C=N–C) groups is 1. The van der Waals surface area contributed by atoms with Crippen LogP contribution in [0.1, 0.15) is 23.6 Å². The molecule has 0 amide bonds. The molecular weight excluding hydrogens is 526 g/mol. The van der Waals surface area contributed by atoms with Crippen molar-refractivity contribution in [3.05, 3.63) is 53.1 Å². The fourth-order valence-corrected chi connectivity index (χ4v) is 2.74. The van der Waals surface area contributed by atoms with E-state index < -0.39 is 11.7 Å². The Bertz CT molecular complexity index is 834. The predicted octanol–water partition coefficient (Wildman–Crippen LogP) is 4.34. The van der Waals surface area contributed by atoms with Crippen LogP contribution in [0.5, 0.6) is 17.2 Å². The summed E-state index contributed by atoms with van der Waals surface area (Å²) in [5.74, 6) is 1.07. The van der Waals surface area contributed by atoms with Crippen LogP contribution in [-0.2, 0) is 19.1 Å². The summed E-state index contributed by atoms with van der Waals surface area (Å²) in [6, 6.07) is 8.47. The van der Waals surface area contributed by atoms with Gasteiger partial charge in [0.15, 0.2) is 17.5 Å². The number of halogens is 4. The number of guanidine groups is 1. The summed E-state index contributed by atoms with van der Waals surface area (Å²) in [6.45, 7) is 3.38. The summed E-state index contributed by atoms with van der Waals surface area (Å²) in [4.78, 5) is 4.49. The van der Waals surface area contributed by atoms with E-state index in [-0.39, 0.29) is 29.7 Å². The number of methoxy groups -OCH3 is 2. The van der Waals surface area contributed by atoms with Gasteiger partial charge in [0.1, 0.15) is 0 Å². The number of hydrogen-bond donors (Lipinski definition) is 3. The van der Waals surface area contributed by atoms with Crippen LogP contribution in [0.15, 0.2) is 41.4 Å². The van der Waals surface area contributed by atoms with Crippen LogP contribution in [0.25, 0.3) is 0 Å². The molecule has 0 aliphatic carbocycles. The summed E-state index contributed by atoms with van der Waals surface area (Å²) >= 11 is 0. The van der Waals surface area contributed by atoms with Crippen LogP contribution in [0.4, 0.5) is 13.2 Å². The van der Waals surface area contributed by atoms with Crippen molar-refractivity contribution in [2.45, 2.75) is 26.1 Å². The van der Waals surface area contributed by atoms with Crippen LogP contribution in [0.2, 0.25) is 0 Å². The van der Waals surface area contributed by atoms with E-state index in [0.29, 0.717) is 43.5 Å². The number of aromatic hydroxyl groups is 1. The van der Waals surface area contributed by atoms with E-state index in [1.165, 1.54) is 26.4 Å². The third kappa shape index (κ3) is 8.00. The SMILES string of the molecule is CCNC(=NCc1cc(OC)c(O)c(OC)c1)NCCc1ccc(C(F)(F)F)cc1.I. The maximum absolute atomic E-state index is 12.6. The molecule has 0 aromatic heterocycles. The molecule has 0 fully saturated rings. The zero-order valence-electron chi connectivity index (χ0n) is 17.5. The number of benzene rings is 2. The quantitative estimate of drug-likeness (QED) is 0.258. The molecule has 0 atom stereocenters. The molecule has 6 nitrogen and oxygen atoms in total. The highest BCUT2D eigenvalue weighted by atomic mass is 127. The second kappa shape index (κ2) is 12.5. The normalized spacial score (nSPS) is 11.5. The van der Waals surface area contributed by atoms with Crippen molar-refractivity contribution in [2.24, 2.45) is 4.99 Å². The van der Waals surface area contributed by atoms with Crippen LogP contribution in [0.3, 0.4) is 0 Å². The number of phenolic OH excluding ortho intramolecular Hbond substituents is 1. The zero-order chi connectivity index (χ0) is 22.1. The second-order valence-electron chi connectivity index (χ2n) is 6.42. The van der Waals surface area contributed by atoms with Crippen LogP contribution < -0.4 is 20.1 Å². The monoisotopic (exact) mass is 553 g/mol. The smallest absolute Gasteiger partial charge is 0.416 e. The van der Waals surface area contributed by atoms with E-state index in [0.717, 1.165) is 23.3 Å². The number of hydrogen-bond acceptors (Lipinski definition) is 4. The minimum atomic E-state index is -4.33. The largest absolute Gasteiger partial charge is 0.502 e. The van der Waals surface area contributed by atoms with Gasteiger partial charge in [0.05, 0.1) is 26.3 Å². The number of phenols is 1. The average molecular weight is 553 g/mol. The van der Waals surface area contributed by atoms with Gasteiger partial charge in [0, 0.05) is 13.1 Å². The minimum Gasteiger partial charge on any atom is -0.502 e. The highest BCUT2D eigenvalue weighted by molar-refractivity contribution is 14.0. The molecule has 0 radical (unpaired) electrons. The molecule has 0 heterocycles. The number of alkyl halides is 3. The Balaban J connectivity index is 0.00000480. The van der Waals surface area contributed by atoms with Crippen molar-refractivity contribution in [3.8, 4) is 17.2 Å². The van der Waals surface area contributed by atoms with Gasteiger partial charge in [0.25, 0.3) is 0 Å². The first kappa shape index (κ1) is 26.7. The molecule has 0 aliphatic rings. The molecule has 0 saturated heterocycles. The molecule has 2 rings (SSSR count). The van der Waals surface area contributed by atoms with Crippen LogP contribution in [0, 0.1) is 0 Å². The Kier molecular flexibility index (Phi) is 10.7. The molecular formula is C21H27F3IN3O3. The highest BCUT2D eigenvalue weighted by Gasteiger charge is 2.29. The fourth-order valence-electron chi connectivity index (χ4n) is 2.74. The Morgan fingerprint density at radius 2 is 1.58 bits per heavy atom.